The number of aliphatic hydroxyl groups excluding tert-OH is 1. The smallest absolute Gasteiger partial charge is 0.0628 e. The van der Waals surface area contributed by atoms with E-state index in [0.717, 1.165) is 26.1 Å². The van der Waals surface area contributed by atoms with E-state index < -0.39 is 0 Å². The molecule has 0 fully saturated rings. The predicted octanol–water partition coefficient (Wildman–Crippen LogP) is 1.14. The molecule has 3 nitrogen and oxygen atoms in total. The quantitative estimate of drug-likeness (QED) is 0.846. The Kier molecular flexibility index (Phi) is 4.15. The molecule has 1 heterocycles. The summed E-state index contributed by atoms with van der Waals surface area (Å²) in [7, 11) is 4.18. The van der Waals surface area contributed by atoms with Gasteiger partial charge in [0, 0.05) is 19.6 Å². The summed E-state index contributed by atoms with van der Waals surface area (Å²) in [5, 5.41) is 9.62. The maximum Gasteiger partial charge on any atom is 0.0628 e. The van der Waals surface area contributed by atoms with E-state index in [4.69, 9.17) is 0 Å². The minimum absolute atomic E-state index is 0.180. The van der Waals surface area contributed by atoms with E-state index in [1.807, 2.05) is 0 Å². The third kappa shape index (κ3) is 2.86. The van der Waals surface area contributed by atoms with Gasteiger partial charge in [0.15, 0.2) is 0 Å². The number of likely N-dealkylation sites (N-methyl/N-ethyl adjacent to an activating group) is 1. The van der Waals surface area contributed by atoms with Crippen LogP contribution in [0.25, 0.3) is 0 Å². The van der Waals surface area contributed by atoms with Gasteiger partial charge in [-0.2, -0.15) is 0 Å². The average molecular weight is 234 g/mol. The fraction of sp³-hybridized carbons (Fsp3) is 0.571. The third-order valence-electron chi connectivity index (χ3n) is 3.53. The lowest BCUT2D eigenvalue weighted by Crippen LogP contribution is -2.40. The normalized spacial score (nSPS) is 20.6. The molecular formula is C14H22N2O. The maximum atomic E-state index is 9.62. The van der Waals surface area contributed by atoms with Crippen LogP contribution in [0, 0.1) is 0 Å². The highest BCUT2D eigenvalue weighted by Gasteiger charge is 2.25. The Bertz CT molecular complexity index is 365. The van der Waals surface area contributed by atoms with E-state index in [1.54, 1.807) is 0 Å². The van der Waals surface area contributed by atoms with Gasteiger partial charge < -0.3 is 10.0 Å². The lowest BCUT2D eigenvalue weighted by atomic mass is 9.93. The molecule has 0 bridgehead atoms. The van der Waals surface area contributed by atoms with Crippen molar-refractivity contribution in [2.24, 2.45) is 0 Å². The molecule has 17 heavy (non-hydrogen) atoms. The Morgan fingerprint density at radius 1 is 1.35 bits per heavy atom. The zero-order valence-corrected chi connectivity index (χ0v) is 10.8. The zero-order valence-electron chi connectivity index (χ0n) is 10.8. The molecule has 1 aliphatic heterocycles. The first-order valence-corrected chi connectivity index (χ1v) is 6.30. The molecule has 0 spiro atoms. The first kappa shape index (κ1) is 12.6. The lowest BCUT2D eigenvalue weighted by molar-refractivity contribution is 0.107. The number of rotatable bonds is 4. The highest BCUT2D eigenvalue weighted by atomic mass is 16.3. The summed E-state index contributed by atoms with van der Waals surface area (Å²) in [6.45, 7) is 3.33. The third-order valence-corrected chi connectivity index (χ3v) is 3.53. The summed E-state index contributed by atoms with van der Waals surface area (Å²) in [5.74, 6) is 0. The van der Waals surface area contributed by atoms with Crippen molar-refractivity contribution < 1.29 is 5.11 Å². The van der Waals surface area contributed by atoms with Crippen molar-refractivity contribution in [3.63, 3.8) is 0 Å². The average Bonchev–Trinajstić information content (AvgIpc) is 2.35. The zero-order chi connectivity index (χ0) is 12.3. The van der Waals surface area contributed by atoms with E-state index in [2.05, 4.69) is 48.2 Å². The van der Waals surface area contributed by atoms with Gasteiger partial charge in [0.05, 0.1) is 12.6 Å². The standard InChI is InChI=1S/C14H22N2O/c1-15(2)9-10-16-8-7-12-5-3-4-6-13(12)14(16)11-17/h3-6,14,17H,7-11H2,1-2H3. The fourth-order valence-electron chi connectivity index (χ4n) is 2.51. The van der Waals surface area contributed by atoms with Crippen LogP contribution in [-0.2, 0) is 6.42 Å². The number of hydrogen-bond acceptors (Lipinski definition) is 3. The molecule has 0 radical (unpaired) electrons. The van der Waals surface area contributed by atoms with Gasteiger partial charge in [-0.3, -0.25) is 4.90 Å². The van der Waals surface area contributed by atoms with Crippen LogP contribution in [0.4, 0.5) is 0 Å². The van der Waals surface area contributed by atoms with E-state index in [9.17, 15) is 5.11 Å². The minimum Gasteiger partial charge on any atom is -0.394 e. The van der Waals surface area contributed by atoms with Gasteiger partial charge >= 0.3 is 0 Å². The van der Waals surface area contributed by atoms with Crippen LogP contribution in [0.5, 0.6) is 0 Å². The number of aliphatic hydroxyl groups is 1. The van der Waals surface area contributed by atoms with Gasteiger partial charge in [-0.1, -0.05) is 24.3 Å². The SMILES string of the molecule is CN(C)CCN1CCc2ccccc2C1CO. The Morgan fingerprint density at radius 3 is 2.82 bits per heavy atom. The number of hydrogen-bond donors (Lipinski definition) is 1. The number of nitrogens with zero attached hydrogens (tertiary/aromatic N) is 2. The van der Waals surface area contributed by atoms with Crippen LogP contribution in [0.3, 0.4) is 0 Å². The van der Waals surface area contributed by atoms with E-state index >= 15 is 0 Å². The molecular weight excluding hydrogens is 212 g/mol. The number of fused-ring (bicyclic) bond motifs is 1. The monoisotopic (exact) mass is 234 g/mol. The highest BCUT2D eigenvalue weighted by molar-refractivity contribution is 5.32. The Balaban J connectivity index is 2.12. The molecule has 0 amide bonds. The maximum absolute atomic E-state index is 9.62. The molecule has 0 saturated heterocycles. The van der Waals surface area contributed by atoms with Gasteiger partial charge in [-0.05, 0) is 31.6 Å². The molecule has 94 valence electrons. The molecule has 1 atom stereocenters. The molecule has 1 N–H and O–H groups in total. The van der Waals surface area contributed by atoms with Crippen molar-refractivity contribution in [3.05, 3.63) is 35.4 Å². The van der Waals surface area contributed by atoms with Crippen LogP contribution >= 0.6 is 0 Å². The first-order chi connectivity index (χ1) is 8.22. The predicted molar refractivity (Wildman–Crippen MR) is 70.1 cm³/mol. The van der Waals surface area contributed by atoms with Gasteiger partial charge in [0.2, 0.25) is 0 Å². The molecule has 1 aromatic rings. The summed E-state index contributed by atoms with van der Waals surface area (Å²) >= 11 is 0. The highest BCUT2D eigenvalue weighted by Crippen LogP contribution is 2.28. The van der Waals surface area contributed by atoms with Gasteiger partial charge in [0.1, 0.15) is 0 Å². The molecule has 0 aromatic heterocycles. The fourth-order valence-corrected chi connectivity index (χ4v) is 2.51. The molecule has 3 heteroatoms. The Labute approximate surface area is 104 Å². The van der Waals surface area contributed by atoms with Crippen LogP contribution < -0.4 is 0 Å². The van der Waals surface area contributed by atoms with Crippen molar-refractivity contribution >= 4 is 0 Å². The summed E-state index contributed by atoms with van der Waals surface area (Å²) in [6.07, 6.45) is 1.10. The van der Waals surface area contributed by atoms with Crippen LogP contribution in [0.2, 0.25) is 0 Å². The van der Waals surface area contributed by atoms with Crippen LogP contribution in [-0.4, -0.2) is 55.2 Å². The lowest BCUT2D eigenvalue weighted by Gasteiger charge is -2.36. The molecule has 1 unspecified atom stereocenters. The van der Waals surface area contributed by atoms with Crippen molar-refractivity contribution in [1.82, 2.24) is 9.80 Å². The van der Waals surface area contributed by atoms with Gasteiger partial charge in [0.25, 0.3) is 0 Å². The van der Waals surface area contributed by atoms with E-state index in [-0.39, 0.29) is 12.6 Å². The topological polar surface area (TPSA) is 26.7 Å². The van der Waals surface area contributed by atoms with Crippen LogP contribution in [0.15, 0.2) is 24.3 Å². The van der Waals surface area contributed by atoms with Crippen molar-refractivity contribution in [2.75, 3.05) is 40.3 Å². The minimum atomic E-state index is 0.180. The second-order valence-corrected chi connectivity index (χ2v) is 4.99. The summed E-state index contributed by atoms with van der Waals surface area (Å²) in [6, 6.07) is 8.67. The second kappa shape index (κ2) is 5.63. The Morgan fingerprint density at radius 2 is 2.12 bits per heavy atom. The van der Waals surface area contributed by atoms with E-state index in [1.165, 1.54) is 11.1 Å². The van der Waals surface area contributed by atoms with Crippen LogP contribution in [0.1, 0.15) is 17.2 Å². The number of benzene rings is 1. The summed E-state index contributed by atoms with van der Waals surface area (Å²) in [5.41, 5.74) is 2.70. The van der Waals surface area contributed by atoms with Crippen molar-refractivity contribution in [2.45, 2.75) is 12.5 Å². The molecule has 1 aliphatic rings. The van der Waals surface area contributed by atoms with Gasteiger partial charge in [-0.25, -0.2) is 0 Å². The molecule has 1 aromatic carbocycles. The van der Waals surface area contributed by atoms with Gasteiger partial charge in [-0.15, -0.1) is 0 Å². The van der Waals surface area contributed by atoms with E-state index in [0.29, 0.717) is 0 Å². The first-order valence-electron chi connectivity index (χ1n) is 6.30. The molecule has 2 rings (SSSR count). The second-order valence-electron chi connectivity index (χ2n) is 4.99. The molecule has 0 aliphatic carbocycles. The van der Waals surface area contributed by atoms with Crippen molar-refractivity contribution in [3.8, 4) is 0 Å². The Hall–Kier alpha value is -0.900. The van der Waals surface area contributed by atoms with Crippen molar-refractivity contribution in [1.29, 1.82) is 0 Å². The summed E-state index contributed by atoms with van der Waals surface area (Å²) < 4.78 is 0. The summed E-state index contributed by atoms with van der Waals surface area (Å²) in [4.78, 5) is 4.58. The molecule has 0 saturated carbocycles. The largest absolute Gasteiger partial charge is 0.394 e.